The van der Waals surface area contributed by atoms with E-state index < -0.39 is 7.32 Å². The zero-order valence-electron chi connectivity index (χ0n) is 8.75. The molecule has 0 saturated carbocycles. The molecule has 0 fully saturated rings. The molecule has 0 bridgehead atoms. The molecule has 0 spiro atoms. The van der Waals surface area contributed by atoms with E-state index in [4.69, 9.17) is 14.7 Å². The van der Waals surface area contributed by atoms with Gasteiger partial charge in [0.2, 0.25) is 0 Å². The minimum Gasteiger partial charge on any atom is -0.511 e. The Bertz CT molecular complexity index is 502. The van der Waals surface area contributed by atoms with Crippen molar-refractivity contribution in [2.45, 2.75) is 4.90 Å². The van der Waals surface area contributed by atoms with Gasteiger partial charge in [-0.2, -0.15) is 0 Å². The molecular weight excluding hydrogens is 223 g/mol. The number of benzene rings is 2. The summed E-state index contributed by atoms with van der Waals surface area (Å²) in [5, 5.41) is 19.7. The molecule has 2 aromatic carbocycles. The zero-order chi connectivity index (χ0) is 11.5. The minimum atomic E-state index is -1.79. The number of fused-ring (bicyclic) bond motifs is 1. The van der Waals surface area contributed by atoms with E-state index in [1.807, 2.05) is 42.7 Å². The van der Waals surface area contributed by atoms with Gasteiger partial charge in [-0.25, -0.2) is 0 Å². The van der Waals surface area contributed by atoms with Gasteiger partial charge < -0.3 is 14.7 Å². The van der Waals surface area contributed by atoms with Gasteiger partial charge in [-0.15, -0.1) is 11.8 Å². The van der Waals surface area contributed by atoms with Crippen LogP contribution in [0.2, 0.25) is 0 Å². The molecule has 0 amide bonds. The lowest BCUT2D eigenvalue weighted by Gasteiger charge is -2.12. The molecular formula is C11H11BO3S. The van der Waals surface area contributed by atoms with E-state index in [0.717, 1.165) is 15.7 Å². The van der Waals surface area contributed by atoms with Gasteiger partial charge in [-0.1, -0.05) is 30.3 Å². The van der Waals surface area contributed by atoms with Crippen LogP contribution in [0.5, 0.6) is 5.75 Å². The molecule has 2 N–H and O–H groups in total. The maximum Gasteiger partial charge on any atom is 0.707 e. The molecule has 3 nitrogen and oxygen atoms in total. The third-order valence-corrected chi connectivity index (χ3v) is 3.05. The maximum absolute atomic E-state index is 8.91. The van der Waals surface area contributed by atoms with Crippen LogP contribution in [0.15, 0.2) is 41.3 Å². The first kappa shape index (κ1) is 11.3. The second-order valence-electron chi connectivity index (χ2n) is 3.26. The van der Waals surface area contributed by atoms with E-state index in [-0.39, 0.29) is 0 Å². The average molecular weight is 234 g/mol. The maximum atomic E-state index is 8.91. The molecule has 0 aliphatic carbocycles. The lowest BCUT2D eigenvalue weighted by atomic mass is 10.1. The van der Waals surface area contributed by atoms with Crippen molar-refractivity contribution < 1.29 is 14.7 Å². The van der Waals surface area contributed by atoms with Crippen LogP contribution in [-0.2, 0) is 0 Å². The van der Waals surface area contributed by atoms with Gasteiger partial charge in [0, 0.05) is 10.3 Å². The minimum absolute atomic E-state index is 0.514. The van der Waals surface area contributed by atoms with Crippen LogP contribution >= 0.6 is 11.8 Å². The predicted octanol–water partition coefficient (Wildman–Crippen LogP) is 1.91. The van der Waals surface area contributed by atoms with Crippen molar-refractivity contribution in [1.82, 2.24) is 0 Å². The van der Waals surface area contributed by atoms with Crippen molar-refractivity contribution in [3.63, 3.8) is 0 Å². The quantitative estimate of drug-likeness (QED) is 0.629. The molecule has 82 valence electrons. The first-order valence-corrected chi connectivity index (χ1v) is 6.03. The van der Waals surface area contributed by atoms with Gasteiger partial charge in [0.05, 0.1) is 0 Å². The molecule has 2 aromatic rings. The highest BCUT2D eigenvalue weighted by Gasteiger charge is 2.16. The second-order valence-corrected chi connectivity index (χ2v) is 4.11. The van der Waals surface area contributed by atoms with Crippen LogP contribution in [0.4, 0.5) is 0 Å². The molecule has 0 unspecified atom stereocenters. The Balaban J connectivity index is 2.63. The summed E-state index contributed by atoms with van der Waals surface area (Å²) in [6, 6.07) is 11.6. The standard InChI is InChI=1S/C11H11BO3S/c1-16-10-7-6-8-4-2-3-5-9(8)11(10)15-12(13)14/h2-7,13-14H,1H3. The Morgan fingerprint density at radius 3 is 2.56 bits per heavy atom. The van der Waals surface area contributed by atoms with Crippen LogP contribution in [0.1, 0.15) is 0 Å². The molecule has 0 atom stereocenters. The first-order valence-electron chi connectivity index (χ1n) is 4.81. The third-order valence-electron chi connectivity index (χ3n) is 2.29. The Kier molecular flexibility index (Phi) is 3.38. The monoisotopic (exact) mass is 234 g/mol. The van der Waals surface area contributed by atoms with E-state index in [9.17, 15) is 0 Å². The van der Waals surface area contributed by atoms with Crippen LogP contribution in [0, 0.1) is 0 Å². The molecule has 5 heteroatoms. The Morgan fingerprint density at radius 1 is 1.12 bits per heavy atom. The van der Waals surface area contributed by atoms with Crippen molar-refractivity contribution in [1.29, 1.82) is 0 Å². The molecule has 0 saturated heterocycles. The highest BCUT2D eigenvalue weighted by molar-refractivity contribution is 7.98. The Labute approximate surface area is 98.2 Å². The fourth-order valence-electron chi connectivity index (χ4n) is 1.61. The van der Waals surface area contributed by atoms with Crippen LogP contribution in [0.25, 0.3) is 10.8 Å². The summed E-state index contributed by atoms with van der Waals surface area (Å²) >= 11 is 1.51. The van der Waals surface area contributed by atoms with Crippen molar-refractivity contribution in [2.24, 2.45) is 0 Å². The predicted molar refractivity (Wildman–Crippen MR) is 66.5 cm³/mol. The van der Waals surface area contributed by atoms with Gasteiger partial charge in [0.1, 0.15) is 5.75 Å². The lowest BCUT2D eigenvalue weighted by Crippen LogP contribution is -2.21. The summed E-state index contributed by atoms with van der Waals surface area (Å²) in [6.45, 7) is 0. The number of rotatable bonds is 3. The van der Waals surface area contributed by atoms with Gasteiger partial charge >= 0.3 is 7.32 Å². The number of thioether (sulfide) groups is 1. The van der Waals surface area contributed by atoms with Crippen LogP contribution in [-0.4, -0.2) is 23.6 Å². The summed E-state index contributed by atoms with van der Waals surface area (Å²) in [6.07, 6.45) is 1.92. The molecule has 2 rings (SSSR count). The van der Waals surface area contributed by atoms with Gasteiger partial charge in [-0.05, 0) is 17.7 Å². The Morgan fingerprint density at radius 2 is 1.88 bits per heavy atom. The van der Waals surface area contributed by atoms with E-state index >= 15 is 0 Å². The first-order chi connectivity index (χ1) is 7.72. The number of hydrogen-bond donors (Lipinski definition) is 2. The molecule has 0 aliphatic rings. The highest BCUT2D eigenvalue weighted by atomic mass is 32.2. The lowest BCUT2D eigenvalue weighted by molar-refractivity contribution is 0.287. The summed E-state index contributed by atoms with van der Waals surface area (Å²) < 4.78 is 5.04. The summed E-state index contributed by atoms with van der Waals surface area (Å²) in [5.41, 5.74) is 0. The topological polar surface area (TPSA) is 49.7 Å². The van der Waals surface area contributed by atoms with Crippen molar-refractivity contribution in [3.8, 4) is 5.75 Å². The normalized spacial score (nSPS) is 10.4. The van der Waals surface area contributed by atoms with E-state index in [2.05, 4.69) is 0 Å². The van der Waals surface area contributed by atoms with E-state index in [1.54, 1.807) is 0 Å². The summed E-state index contributed by atoms with van der Waals surface area (Å²) in [5.74, 6) is 0.514. The van der Waals surface area contributed by atoms with Crippen LogP contribution < -0.4 is 4.65 Å². The third kappa shape index (κ3) is 2.16. The second kappa shape index (κ2) is 4.78. The van der Waals surface area contributed by atoms with Crippen molar-refractivity contribution in [2.75, 3.05) is 6.26 Å². The smallest absolute Gasteiger partial charge is 0.511 e. The van der Waals surface area contributed by atoms with Crippen LogP contribution in [0.3, 0.4) is 0 Å². The number of hydrogen-bond acceptors (Lipinski definition) is 4. The summed E-state index contributed by atoms with van der Waals surface area (Å²) in [4.78, 5) is 0.881. The largest absolute Gasteiger partial charge is 0.707 e. The molecule has 0 aliphatic heterocycles. The molecule has 0 radical (unpaired) electrons. The average Bonchev–Trinajstić information content (AvgIpc) is 2.29. The van der Waals surface area contributed by atoms with Crippen molar-refractivity contribution in [3.05, 3.63) is 36.4 Å². The van der Waals surface area contributed by atoms with Gasteiger partial charge in [-0.3, -0.25) is 0 Å². The van der Waals surface area contributed by atoms with Gasteiger partial charge in [0.25, 0.3) is 0 Å². The SMILES string of the molecule is CSc1ccc2ccccc2c1OB(O)O. The fraction of sp³-hybridized carbons (Fsp3) is 0.0909. The zero-order valence-corrected chi connectivity index (χ0v) is 9.57. The highest BCUT2D eigenvalue weighted by Crippen LogP contribution is 2.35. The van der Waals surface area contributed by atoms with Crippen molar-refractivity contribution >= 4 is 29.9 Å². The Hall–Kier alpha value is -1.17. The van der Waals surface area contributed by atoms with E-state index in [0.29, 0.717) is 5.75 Å². The molecule has 16 heavy (non-hydrogen) atoms. The van der Waals surface area contributed by atoms with Gasteiger partial charge in [0.15, 0.2) is 0 Å². The summed E-state index contributed by atoms with van der Waals surface area (Å²) in [7, 11) is -1.79. The molecule has 0 aromatic heterocycles. The fourth-order valence-corrected chi connectivity index (χ4v) is 2.16. The van der Waals surface area contributed by atoms with E-state index in [1.165, 1.54) is 11.8 Å². The molecule has 0 heterocycles.